The van der Waals surface area contributed by atoms with Crippen LogP contribution >= 0.6 is 0 Å². The topological polar surface area (TPSA) is 47.0 Å². The zero-order valence-corrected chi connectivity index (χ0v) is 10.8. The lowest BCUT2D eigenvalue weighted by atomic mass is 9.99. The minimum atomic E-state index is 0.0706. The SMILES string of the molecule is CNC(c1cncc(OC)c1)c1cccnc1C. The van der Waals surface area contributed by atoms with Gasteiger partial charge in [-0.1, -0.05) is 6.07 Å². The van der Waals surface area contributed by atoms with Gasteiger partial charge >= 0.3 is 0 Å². The number of aromatic nitrogens is 2. The van der Waals surface area contributed by atoms with E-state index in [1.807, 2.05) is 32.3 Å². The molecular formula is C14H17N3O. The number of nitrogens with zero attached hydrogens (tertiary/aromatic N) is 2. The lowest BCUT2D eigenvalue weighted by Gasteiger charge is -2.18. The Morgan fingerprint density at radius 3 is 2.83 bits per heavy atom. The number of aryl methyl sites for hydroxylation is 1. The van der Waals surface area contributed by atoms with Crippen LogP contribution in [-0.2, 0) is 0 Å². The summed E-state index contributed by atoms with van der Waals surface area (Å²) in [5.74, 6) is 0.759. The largest absolute Gasteiger partial charge is 0.495 e. The fourth-order valence-corrected chi connectivity index (χ4v) is 2.01. The number of ether oxygens (including phenoxy) is 1. The summed E-state index contributed by atoms with van der Waals surface area (Å²) in [6, 6.07) is 6.07. The van der Waals surface area contributed by atoms with Crippen LogP contribution in [0, 0.1) is 6.92 Å². The fraction of sp³-hybridized carbons (Fsp3) is 0.286. The predicted octanol–water partition coefficient (Wildman–Crippen LogP) is 2.10. The summed E-state index contributed by atoms with van der Waals surface area (Å²) in [6.07, 6.45) is 5.35. The van der Waals surface area contributed by atoms with Crippen molar-refractivity contribution in [2.45, 2.75) is 13.0 Å². The Balaban J connectivity index is 2.42. The standard InChI is InChI=1S/C14H17N3O/c1-10-13(5-4-6-17-10)14(15-2)11-7-12(18-3)9-16-8-11/h4-9,14-15H,1-3H3. The molecule has 0 bridgehead atoms. The molecule has 0 saturated carbocycles. The van der Waals surface area contributed by atoms with Gasteiger partial charge in [0.25, 0.3) is 0 Å². The third-order valence-corrected chi connectivity index (χ3v) is 2.95. The molecule has 2 rings (SSSR count). The molecule has 0 fully saturated rings. The van der Waals surface area contributed by atoms with Crippen LogP contribution in [0.1, 0.15) is 22.9 Å². The summed E-state index contributed by atoms with van der Waals surface area (Å²) < 4.78 is 5.21. The highest BCUT2D eigenvalue weighted by atomic mass is 16.5. The van der Waals surface area contributed by atoms with Gasteiger partial charge in [0.15, 0.2) is 0 Å². The average molecular weight is 243 g/mol. The minimum Gasteiger partial charge on any atom is -0.495 e. The molecule has 1 N–H and O–H groups in total. The third kappa shape index (κ3) is 2.49. The number of methoxy groups -OCH3 is 1. The first-order valence-electron chi connectivity index (χ1n) is 5.84. The Morgan fingerprint density at radius 2 is 2.17 bits per heavy atom. The third-order valence-electron chi connectivity index (χ3n) is 2.95. The second-order valence-electron chi connectivity index (χ2n) is 4.06. The molecule has 0 spiro atoms. The summed E-state index contributed by atoms with van der Waals surface area (Å²) in [4.78, 5) is 8.52. The summed E-state index contributed by atoms with van der Waals surface area (Å²) in [7, 11) is 3.57. The molecule has 0 amide bonds. The number of hydrogen-bond donors (Lipinski definition) is 1. The maximum absolute atomic E-state index is 5.21. The van der Waals surface area contributed by atoms with Crippen LogP contribution in [0.15, 0.2) is 36.8 Å². The Hall–Kier alpha value is -1.94. The molecule has 18 heavy (non-hydrogen) atoms. The molecule has 0 aliphatic carbocycles. The van der Waals surface area contributed by atoms with E-state index >= 15 is 0 Å². The van der Waals surface area contributed by atoms with Crippen LogP contribution < -0.4 is 10.1 Å². The maximum atomic E-state index is 5.21. The first kappa shape index (κ1) is 12.5. The Morgan fingerprint density at radius 1 is 1.33 bits per heavy atom. The molecule has 94 valence electrons. The molecule has 0 radical (unpaired) electrons. The van der Waals surface area contributed by atoms with Crippen LogP contribution in [0.5, 0.6) is 5.75 Å². The van der Waals surface area contributed by atoms with Crippen LogP contribution in [0.2, 0.25) is 0 Å². The molecule has 4 nitrogen and oxygen atoms in total. The van der Waals surface area contributed by atoms with Crippen molar-refractivity contribution in [3.63, 3.8) is 0 Å². The monoisotopic (exact) mass is 243 g/mol. The summed E-state index contributed by atoms with van der Waals surface area (Å²) in [5.41, 5.74) is 3.22. The van der Waals surface area contributed by atoms with Crippen LogP contribution in [0.3, 0.4) is 0 Å². The molecule has 2 aromatic heterocycles. The zero-order valence-electron chi connectivity index (χ0n) is 10.8. The number of hydrogen-bond acceptors (Lipinski definition) is 4. The highest BCUT2D eigenvalue weighted by molar-refractivity contribution is 5.35. The van der Waals surface area contributed by atoms with Gasteiger partial charge in [-0.25, -0.2) is 0 Å². The highest BCUT2D eigenvalue weighted by Crippen LogP contribution is 2.25. The van der Waals surface area contributed by atoms with Crippen molar-refractivity contribution >= 4 is 0 Å². The molecular weight excluding hydrogens is 226 g/mol. The van der Waals surface area contributed by atoms with E-state index in [-0.39, 0.29) is 6.04 Å². The van der Waals surface area contributed by atoms with Gasteiger partial charge in [0, 0.05) is 18.1 Å². The van der Waals surface area contributed by atoms with Crippen molar-refractivity contribution in [1.29, 1.82) is 0 Å². The Bertz CT molecular complexity index is 528. The Labute approximate surface area is 107 Å². The average Bonchev–Trinajstić information content (AvgIpc) is 2.42. The molecule has 0 aliphatic heterocycles. The van der Waals surface area contributed by atoms with Crippen LogP contribution in [0.4, 0.5) is 0 Å². The molecule has 0 aromatic carbocycles. The number of nitrogens with one attached hydrogen (secondary N) is 1. The van der Waals surface area contributed by atoms with E-state index in [1.54, 1.807) is 19.5 Å². The van der Waals surface area contributed by atoms with Gasteiger partial charge in [0.05, 0.1) is 19.3 Å². The van der Waals surface area contributed by atoms with Gasteiger partial charge in [-0.3, -0.25) is 9.97 Å². The first-order valence-corrected chi connectivity index (χ1v) is 5.84. The van der Waals surface area contributed by atoms with Crippen molar-refractivity contribution in [1.82, 2.24) is 15.3 Å². The second-order valence-corrected chi connectivity index (χ2v) is 4.06. The number of pyridine rings is 2. The minimum absolute atomic E-state index is 0.0706. The van der Waals surface area contributed by atoms with Gasteiger partial charge < -0.3 is 10.1 Å². The van der Waals surface area contributed by atoms with Gasteiger partial charge in [0.1, 0.15) is 5.75 Å². The summed E-state index contributed by atoms with van der Waals surface area (Å²) >= 11 is 0. The lowest BCUT2D eigenvalue weighted by Crippen LogP contribution is -2.19. The van der Waals surface area contributed by atoms with E-state index in [0.29, 0.717) is 0 Å². The van der Waals surface area contributed by atoms with E-state index in [9.17, 15) is 0 Å². The Kier molecular flexibility index (Phi) is 3.89. The molecule has 2 aromatic rings. The fourth-order valence-electron chi connectivity index (χ4n) is 2.01. The molecule has 1 atom stereocenters. The lowest BCUT2D eigenvalue weighted by molar-refractivity contribution is 0.411. The highest BCUT2D eigenvalue weighted by Gasteiger charge is 2.15. The molecule has 0 saturated heterocycles. The second kappa shape index (κ2) is 5.60. The molecule has 4 heteroatoms. The van der Waals surface area contributed by atoms with E-state index in [2.05, 4.69) is 21.4 Å². The van der Waals surface area contributed by atoms with Crippen molar-refractivity contribution in [2.75, 3.05) is 14.2 Å². The van der Waals surface area contributed by atoms with Crippen molar-refractivity contribution < 1.29 is 4.74 Å². The quantitative estimate of drug-likeness (QED) is 0.893. The van der Waals surface area contributed by atoms with Gasteiger partial charge in [-0.15, -0.1) is 0 Å². The van der Waals surface area contributed by atoms with Crippen molar-refractivity contribution in [2.24, 2.45) is 0 Å². The smallest absolute Gasteiger partial charge is 0.137 e. The van der Waals surface area contributed by atoms with Gasteiger partial charge in [0.2, 0.25) is 0 Å². The summed E-state index contributed by atoms with van der Waals surface area (Å²) in [5, 5.41) is 3.29. The van der Waals surface area contributed by atoms with E-state index in [4.69, 9.17) is 4.74 Å². The maximum Gasteiger partial charge on any atom is 0.137 e. The van der Waals surface area contributed by atoms with Crippen LogP contribution in [0.25, 0.3) is 0 Å². The van der Waals surface area contributed by atoms with Crippen molar-refractivity contribution in [3.8, 4) is 5.75 Å². The van der Waals surface area contributed by atoms with Crippen LogP contribution in [-0.4, -0.2) is 24.1 Å². The predicted molar refractivity (Wildman–Crippen MR) is 70.7 cm³/mol. The molecule has 2 heterocycles. The first-order chi connectivity index (χ1) is 8.76. The summed E-state index contributed by atoms with van der Waals surface area (Å²) in [6.45, 7) is 2.01. The van der Waals surface area contributed by atoms with E-state index in [0.717, 1.165) is 22.6 Å². The zero-order chi connectivity index (χ0) is 13.0. The molecule has 1 unspecified atom stereocenters. The van der Waals surface area contributed by atoms with Crippen molar-refractivity contribution in [3.05, 3.63) is 53.6 Å². The van der Waals surface area contributed by atoms with Gasteiger partial charge in [-0.05, 0) is 37.2 Å². The van der Waals surface area contributed by atoms with Gasteiger partial charge in [-0.2, -0.15) is 0 Å². The van der Waals surface area contributed by atoms with E-state index < -0.39 is 0 Å². The normalized spacial score (nSPS) is 12.2. The number of rotatable bonds is 4. The van der Waals surface area contributed by atoms with E-state index in [1.165, 1.54) is 0 Å². The molecule has 0 aliphatic rings.